The van der Waals surface area contributed by atoms with Crippen LogP contribution in [-0.4, -0.2) is 24.2 Å². The number of carbonyl (C=O) groups excluding carboxylic acids is 1. The Balaban J connectivity index is 2.55. The average molecular weight is 260 g/mol. The lowest BCUT2D eigenvalue weighted by molar-refractivity contribution is 0.0379. The largest absolute Gasteiger partial charge is 0.496 e. The normalized spacial score (nSPS) is 10.7. The van der Waals surface area contributed by atoms with Gasteiger partial charge < -0.3 is 15.2 Å². The maximum atomic E-state index is 11.9. The molecule has 2 rings (SSSR count). The zero-order valence-corrected chi connectivity index (χ0v) is 11.1. The molecule has 0 saturated heterocycles. The van der Waals surface area contributed by atoms with Crippen LogP contribution >= 0.6 is 0 Å². The van der Waals surface area contributed by atoms with E-state index in [1.165, 1.54) is 0 Å². The van der Waals surface area contributed by atoms with E-state index in [2.05, 4.69) is 4.98 Å². The minimum Gasteiger partial charge on any atom is -0.496 e. The number of hydrogen-bond donors (Lipinski definition) is 1. The standard InChI is InChI=1S/C14H16N2O3/c1-8(2)19-14(17)10-5-4-9-11(18-3)6-7-16-13(9)12(10)15/h4-8H,15H2,1-3H3. The van der Waals surface area contributed by atoms with Gasteiger partial charge in [0.2, 0.25) is 0 Å². The van der Waals surface area contributed by atoms with E-state index in [0.717, 1.165) is 5.39 Å². The number of carbonyl (C=O) groups is 1. The van der Waals surface area contributed by atoms with Crippen LogP contribution in [0.4, 0.5) is 5.69 Å². The maximum absolute atomic E-state index is 11.9. The van der Waals surface area contributed by atoms with Gasteiger partial charge in [-0.3, -0.25) is 4.98 Å². The number of hydrogen-bond acceptors (Lipinski definition) is 5. The van der Waals surface area contributed by atoms with Crippen LogP contribution < -0.4 is 10.5 Å². The number of rotatable bonds is 3. The number of fused-ring (bicyclic) bond motifs is 1. The number of nitrogens with two attached hydrogens (primary N) is 1. The number of anilines is 1. The molecule has 0 unspecified atom stereocenters. The second kappa shape index (κ2) is 5.14. The molecule has 100 valence electrons. The Bertz CT molecular complexity index is 623. The highest BCUT2D eigenvalue weighted by molar-refractivity contribution is 6.05. The molecular weight excluding hydrogens is 244 g/mol. The molecule has 0 radical (unpaired) electrons. The van der Waals surface area contributed by atoms with Crippen LogP contribution in [0.3, 0.4) is 0 Å². The minimum atomic E-state index is -0.445. The molecule has 1 heterocycles. The Morgan fingerprint density at radius 3 is 2.68 bits per heavy atom. The van der Waals surface area contributed by atoms with Crippen molar-refractivity contribution in [3.8, 4) is 5.75 Å². The number of esters is 1. The first kappa shape index (κ1) is 13.1. The van der Waals surface area contributed by atoms with E-state index in [9.17, 15) is 4.79 Å². The number of aromatic nitrogens is 1. The highest BCUT2D eigenvalue weighted by Gasteiger charge is 2.16. The predicted octanol–water partition coefficient (Wildman–Crippen LogP) is 2.39. The third kappa shape index (κ3) is 2.45. The number of pyridine rings is 1. The van der Waals surface area contributed by atoms with Crippen LogP contribution in [0.5, 0.6) is 5.75 Å². The van der Waals surface area contributed by atoms with E-state index >= 15 is 0 Å². The van der Waals surface area contributed by atoms with E-state index in [1.54, 1.807) is 45.4 Å². The van der Waals surface area contributed by atoms with Gasteiger partial charge in [0.15, 0.2) is 0 Å². The molecule has 0 aliphatic rings. The lowest BCUT2D eigenvalue weighted by atomic mass is 10.1. The molecule has 5 nitrogen and oxygen atoms in total. The lowest BCUT2D eigenvalue weighted by Crippen LogP contribution is -2.13. The first-order chi connectivity index (χ1) is 9.04. The summed E-state index contributed by atoms with van der Waals surface area (Å²) < 4.78 is 10.4. The van der Waals surface area contributed by atoms with Crippen LogP contribution in [0.25, 0.3) is 10.9 Å². The van der Waals surface area contributed by atoms with Crippen molar-refractivity contribution in [3.63, 3.8) is 0 Å². The Hall–Kier alpha value is -2.30. The van der Waals surface area contributed by atoms with Gasteiger partial charge >= 0.3 is 5.97 Å². The fourth-order valence-corrected chi connectivity index (χ4v) is 1.85. The summed E-state index contributed by atoms with van der Waals surface area (Å²) in [4.78, 5) is 16.1. The molecule has 2 N–H and O–H groups in total. The predicted molar refractivity (Wildman–Crippen MR) is 73.3 cm³/mol. The van der Waals surface area contributed by atoms with Gasteiger partial charge in [-0.15, -0.1) is 0 Å². The van der Waals surface area contributed by atoms with Crippen molar-refractivity contribution in [1.82, 2.24) is 4.98 Å². The highest BCUT2D eigenvalue weighted by atomic mass is 16.5. The van der Waals surface area contributed by atoms with Crippen LogP contribution in [0.1, 0.15) is 24.2 Å². The summed E-state index contributed by atoms with van der Waals surface area (Å²) in [6.07, 6.45) is 1.40. The van der Waals surface area contributed by atoms with E-state index < -0.39 is 5.97 Å². The van der Waals surface area contributed by atoms with Crippen molar-refractivity contribution in [2.24, 2.45) is 0 Å². The Morgan fingerprint density at radius 1 is 1.32 bits per heavy atom. The Labute approximate surface area is 111 Å². The van der Waals surface area contributed by atoms with Gasteiger partial charge in [-0.25, -0.2) is 4.79 Å². The molecule has 5 heteroatoms. The maximum Gasteiger partial charge on any atom is 0.340 e. The van der Waals surface area contributed by atoms with Crippen LogP contribution in [0.2, 0.25) is 0 Å². The van der Waals surface area contributed by atoms with Crippen LogP contribution in [0, 0.1) is 0 Å². The number of benzene rings is 1. The third-order valence-corrected chi connectivity index (χ3v) is 2.69. The van der Waals surface area contributed by atoms with Crippen LogP contribution in [0.15, 0.2) is 24.4 Å². The summed E-state index contributed by atoms with van der Waals surface area (Å²) in [6.45, 7) is 3.58. The molecule has 0 amide bonds. The van der Waals surface area contributed by atoms with Crippen molar-refractivity contribution in [1.29, 1.82) is 0 Å². The Morgan fingerprint density at radius 2 is 2.05 bits per heavy atom. The summed E-state index contributed by atoms with van der Waals surface area (Å²) in [5, 5.41) is 0.767. The van der Waals surface area contributed by atoms with E-state index in [-0.39, 0.29) is 6.10 Å². The van der Waals surface area contributed by atoms with E-state index in [0.29, 0.717) is 22.5 Å². The molecule has 1 aromatic carbocycles. The monoisotopic (exact) mass is 260 g/mol. The lowest BCUT2D eigenvalue weighted by Gasteiger charge is -2.12. The van der Waals surface area contributed by atoms with Gasteiger partial charge in [0.05, 0.1) is 30.0 Å². The van der Waals surface area contributed by atoms with Crippen molar-refractivity contribution in [3.05, 3.63) is 30.0 Å². The number of nitrogen functional groups attached to an aromatic ring is 1. The topological polar surface area (TPSA) is 74.4 Å². The van der Waals surface area contributed by atoms with Crippen molar-refractivity contribution >= 4 is 22.6 Å². The molecule has 0 aliphatic heterocycles. The second-order valence-corrected chi connectivity index (χ2v) is 4.39. The molecule has 0 aliphatic carbocycles. The molecule has 19 heavy (non-hydrogen) atoms. The third-order valence-electron chi connectivity index (χ3n) is 2.69. The zero-order valence-electron chi connectivity index (χ0n) is 11.1. The van der Waals surface area contributed by atoms with Crippen molar-refractivity contribution in [2.75, 3.05) is 12.8 Å². The van der Waals surface area contributed by atoms with Gasteiger partial charge in [-0.1, -0.05) is 0 Å². The molecule has 0 saturated carbocycles. The summed E-state index contributed by atoms with van der Waals surface area (Å²) >= 11 is 0. The molecule has 0 atom stereocenters. The summed E-state index contributed by atoms with van der Waals surface area (Å²) in [5.74, 6) is 0.222. The summed E-state index contributed by atoms with van der Waals surface area (Å²) in [7, 11) is 1.58. The van der Waals surface area contributed by atoms with Gasteiger partial charge in [-0.2, -0.15) is 0 Å². The van der Waals surface area contributed by atoms with E-state index in [4.69, 9.17) is 15.2 Å². The molecule has 2 aromatic rings. The van der Waals surface area contributed by atoms with Crippen LogP contribution in [-0.2, 0) is 4.74 Å². The second-order valence-electron chi connectivity index (χ2n) is 4.39. The van der Waals surface area contributed by atoms with Gasteiger partial charge in [0.1, 0.15) is 5.75 Å². The zero-order chi connectivity index (χ0) is 14.0. The number of nitrogens with zero attached hydrogens (tertiary/aromatic N) is 1. The molecular formula is C14H16N2O3. The van der Waals surface area contributed by atoms with Gasteiger partial charge in [-0.05, 0) is 32.0 Å². The molecule has 0 bridgehead atoms. The molecule has 0 spiro atoms. The summed E-state index contributed by atoms with van der Waals surface area (Å²) in [6, 6.07) is 5.13. The van der Waals surface area contributed by atoms with E-state index in [1.807, 2.05) is 0 Å². The first-order valence-electron chi connectivity index (χ1n) is 5.96. The average Bonchev–Trinajstić information content (AvgIpc) is 2.37. The highest BCUT2D eigenvalue weighted by Crippen LogP contribution is 2.30. The smallest absolute Gasteiger partial charge is 0.340 e. The fraction of sp³-hybridized carbons (Fsp3) is 0.286. The van der Waals surface area contributed by atoms with Crippen molar-refractivity contribution < 1.29 is 14.3 Å². The SMILES string of the molecule is COc1ccnc2c(N)c(C(=O)OC(C)C)ccc12. The van der Waals surface area contributed by atoms with Gasteiger partial charge in [0, 0.05) is 11.6 Å². The Kier molecular flexibility index (Phi) is 3.55. The number of methoxy groups -OCH3 is 1. The minimum absolute atomic E-state index is 0.194. The first-order valence-corrected chi connectivity index (χ1v) is 5.96. The van der Waals surface area contributed by atoms with Gasteiger partial charge in [0.25, 0.3) is 0 Å². The molecule has 1 aromatic heterocycles. The summed E-state index contributed by atoms with van der Waals surface area (Å²) in [5.41, 5.74) is 7.17. The van der Waals surface area contributed by atoms with Crippen molar-refractivity contribution in [2.45, 2.75) is 20.0 Å². The quantitative estimate of drug-likeness (QED) is 0.677. The number of ether oxygens (including phenoxy) is 2. The molecule has 0 fully saturated rings. The fourth-order valence-electron chi connectivity index (χ4n) is 1.85.